The summed E-state index contributed by atoms with van der Waals surface area (Å²) in [6, 6.07) is 10.2. The van der Waals surface area contributed by atoms with Gasteiger partial charge in [0.2, 0.25) is 0 Å². The first kappa shape index (κ1) is 24.5. The van der Waals surface area contributed by atoms with Crippen LogP contribution in [0.25, 0.3) is 10.1 Å². The van der Waals surface area contributed by atoms with Crippen LogP contribution >= 0.6 is 11.3 Å². The number of benzene rings is 1. The van der Waals surface area contributed by atoms with Gasteiger partial charge in [-0.1, -0.05) is 18.2 Å². The van der Waals surface area contributed by atoms with Gasteiger partial charge in [-0.2, -0.15) is 18.3 Å². The molecule has 2 amide bonds. The molecular weight excluding hydrogens is 459 g/mol. The molecular formula is C21H24F3N5O3S. The second kappa shape index (κ2) is 10.2. The number of thiophene rings is 1. The van der Waals surface area contributed by atoms with Crippen molar-refractivity contribution >= 4 is 33.4 Å². The summed E-state index contributed by atoms with van der Waals surface area (Å²) in [4.78, 5) is 24.6. The number of alkyl halides is 3. The number of carboxylic acids is 1. The number of halogens is 3. The number of aromatic nitrogens is 2. The summed E-state index contributed by atoms with van der Waals surface area (Å²) in [7, 11) is 2.10. The summed E-state index contributed by atoms with van der Waals surface area (Å²) in [6.45, 7) is 5.29. The molecule has 3 aromatic rings. The molecule has 12 heteroatoms. The van der Waals surface area contributed by atoms with Crippen LogP contribution in [0.1, 0.15) is 29.1 Å². The molecule has 0 saturated heterocycles. The van der Waals surface area contributed by atoms with Gasteiger partial charge in [0.25, 0.3) is 0 Å². The lowest BCUT2D eigenvalue weighted by molar-refractivity contribution is -0.192. The largest absolute Gasteiger partial charge is 0.490 e. The summed E-state index contributed by atoms with van der Waals surface area (Å²) in [5.41, 5.74) is 2.28. The molecule has 178 valence electrons. The van der Waals surface area contributed by atoms with Crippen molar-refractivity contribution in [2.45, 2.75) is 38.8 Å². The predicted octanol–water partition coefficient (Wildman–Crippen LogP) is 3.74. The Labute approximate surface area is 192 Å². The number of carbonyl (C=O) groups excluding carboxylic acids is 1. The highest BCUT2D eigenvalue weighted by molar-refractivity contribution is 7.19. The second-order valence-electron chi connectivity index (χ2n) is 7.62. The Morgan fingerprint density at radius 1 is 1.27 bits per heavy atom. The third kappa shape index (κ3) is 6.45. The van der Waals surface area contributed by atoms with Crippen molar-refractivity contribution in [1.82, 2.24) is 25.3 Å². The second-order valence-corrected chi connectivity index (χ2v) is 8.73. The van der Waals surface area contributed by atoms with Crippen LogP contribution in [0.5, 0.6) is 0 Å². The third-order valence-corrected chi connectivity index (χ3v) is 6.35. The van der Waals surface area contributed by atoms with Gasteiger partial charge in [-0.3, -0.25) is 9.58 Å². The van der Waals surface area contributed by atoms with E-state index in [4.69, 9.17) is 9.90 Å². The molecule has 3 N–H and O–H groups in total. The van der Waals surface area contributed by atoms with Gasteiger partial charge in [-0.05, 0) is 31.5 Å². The lowest BCUT2D eigenvalue weighted by Crippen LogP contribution is -2.37. The molecule has 2 aromatic heterocycles. The average Bonchev–Trinajstić information content (AvgIpc) is 3.36. The van der Waals surface area contributed by atoms with E-state index in [9.17, 15) is 18.0 Å². The summed E-state index contributed by atoms with van der Waals surface area (Å²) in [6.07, 6.45) is -3.22. The summed E-state index contributed by atoms with van der Waals surface area (Å²) < 4.78 is 35.0. The smallest absolute Gasteiger partial charge is 0.475 e. The number of urea groups is 1. The maximum absolute atomic E-state index is 12.3. The van der Waals surface area contributed by atoms with E-state index >= 15 is 0 Å². The van der Waals surface area contributed by atoms with Gasteiger partial charge in [0.1, 0.15) is 0 Å². The monoisotopic (exact) mass is 483 g/mol. The number of nitrogens with zero attached hydrogens (tertiary/aromatic N) is 3. The molecule has 3 heterocycles. The number of likely N-dealkylation sites (N-methyl/N-ethyl adjacent to an activating group) is 1. The SMILES string of the molecule is CC(NC(=O)NCc1cnn2c1CN(C)CC2)c1cc2ccccc2s1.O=C(O)C(F)(F)F. The summed E-state index contributed by atoms with van der Waals surface area (Å²) >= 11 is 1.72. The number of carboxylic acid groups (broad SMARTS) is 1. The van der Waals surface area contributed by atoms with E-state index in [0.29, 0.717) is 6.54 Å². The molecule has 8 nitrogen and oxygen atoms in total. The highest BCUT2D eigenvalue weighted by atomic mass is 32.1. The molecule has 1 aromatic carbocycles. The fourth-order valence-electron chi connectivity index (χ4n) is 3.28. The highest BCUT2D eigenvalue weighted by Gasteiger charge is 2.38. The molecule has 1 aliphatic rings. The Kier molecular flexibility index (Phi) is 7.59. The van der Waals surface area contributed by atoms with Crippen molar-refractivity contribution in [2.75, 3.05) is 13.6 Å². The van der Waals surface area contributed by atoms with E-state index in [1.165, 1.54) is 15.8 Å². The van der Waals surface area contributed by atoms with Crippen molar-refractivity contribution in [1.29, 1.82) is 0 Å². The summed E-state index contributed by atoms with van der Waals surface area (Å²) in [5, 5.41) is 18.8. The molecule has 4 rings (SSSR count). The molecule has 0 spiro atoms. The minimum atomic E-state index is -5.08. The number of nitrogens with one attached hydrogen (secondary N) is 2. The van der Waals surface area contributed by atoms with Crippen molar-refractivity contribution < 1.29 is 27.9 Å². The summed E-state index contributed by atoms with van der Waals surface area (Å²) in [5.74, 6) is -2.76. The van der Waals surface area contributed by atoms with Crippen molar-refractivity contribution in [3.05, 3.63) is 52.7 Å². The van der Waals surface area contributed by atoms with Gasteiger partial charge in [-0.15, -0.1) is 11.3 Å². The number of carbonyl (C=O) groups is 2. The van der Waals surface area contributed by atoms with Gasteiger partial charge in [0.05, 0.1) is 24.5 Å². The van der Waals surface area contributed by atoms with Crippen LogP contribution in [0.2, 0.25) is 0 Å². The third-order valence-electron chi connectivity index (χ3n) is 5.05. The van der Waals surface area contributed by atoms with Crippen LogP contribution in [-0.4, -0.2) is 51.6 Å². The fraction of sp³-hybridized carbons (Fsp3) is 0.381. The molecule has 0 saturated carbocycles. The quantitative estimate of drug-likeness (QED) is 0.525. The standard InChI is InChI=1S/C19H23N5OS.C2HF3O2/c1-13(18-9-14-5-3-4-6-17(14)26-18)22-19(25)20-10-15-11-21-24-8-7-23(2)12-16(15)24;3-2(4,5)1(6)7/h3-6,9,11,13H,7-8,10,12H2,1-2H3,(H2,20,22,25);(H,6,7). The predicted molar refractivity (Wildman–Crippen MR) is 118 cm³/mol. The topological polar surface area (TPSA) is 99.5 Å². The Bertz CT molecular complexity index is 1090. The van der Waals surface area contributed by atoms with Gasteiger partial charge in [-0.25, -0.2) is 9.59 Å². The fourth-order valence-corrected chi connectivity index (χ4v) is 4.35. The first-order valence-electron chi connectivity index (χ1n) is 10.1. The minimum absolute atomic E-state index is 0.0281. The molecule has 1 aliphatic heterocycles. The van der Waals surface area contributed by atoms with E-state index in [1.807, 2.05) is 29.9 Å². The molecule has 1 atom stereocenters. The highest BCUT2D eigenvalue weighted by Crippen LogP contribution is 2.29. The van der Waals surface area contributed by atoms with Crippen LogP contribution in [0.3, 0.4) is 0 Å². The van der Waals surface area contributed by atoms with Crippen molar-refractivity contribution in [3.8, 4) is 0 Å². The van der Waals surface area contributed by atoms with Gasteiger partial charge >= 0.3 is 18.2 Å². The van der Waals surface area contributed by atoms with E-state index in [-0.39, 0.29) is 12.1 Å². The van der Waals surface area contributed by atoms with Gasteiger partial charge in [0, 0.05) is 34.8 Å². The average molecular weight is 484 g/mol. The van der Waals surface area contributed by atoms with Crippen LogP contribution in [-0.2, 0) is 24.4 Å². The Morgan fingerprint density at radius 3 is 2.64 bits per heavy atom. The van der Waals surface area contributed by atoms with Crippen LogP contribution in [0.15, 0.2) is 36.5 Å². The zero-order chi connectivity index (χ0) is 24.2. The Hall–Kier alpha value is -3.12. The maximum atomic E-state index is 12.3. The number of hydrogen-bond donors (Lipinski definition) is 3. The first-order chi connectivity index (χ1) is 15.5. The molecule has 0 aliphatic carbocycles. The number of amides is 2. The zero-order valence-electron chi connectivity index (χ0n) is 18.0. The zero-order valence-corrected chi connectivity index (χ0v) is 18.8. The van der Waals surface area contributed by atoms with Crippen molar-refractivity contribution in [3.63, 3.8) is 0 Å². The minimum Gasteiger partial charge on any atom is -0.475 e. The van der Waals surface area contributed by atoms with E-state index in [2.05, 4.69) is 45.9 Å². The van der Waals surface area contributed by atoms with Crippen LogP contribution in [0, 0.1) is 0 Å². The first-order valence-corrected chi connectivity index (χ1v) is 10.9. The number of aliphatic carboxylic acids is 1. The molecule has 0 radical (unpaired) electrons. The van der Waals surface area contributed by atoms with Crippen LogP contribution < -0.4 is 10.6 Å². The van der Waals surface area contributed by atoms with Crippen molar-refractivity contribution in [2.24, 2.45) is 0 Å². The number of hydrogen-bond acceptors (Lipinski definition) is 5. The molecule has 1 unspecified atom stereocenters. The maximum Gasteiger partial charge on any atom is 0.490 e. The van der Waals surface area contributed by atoms with Gasteiger partial charge in [0.15, 0.2) is 0 Å². The van der Waals surface area contributed by atoms with Gasteiger partial charge < -0.3 is 15.7 Å². The van der Waals surface area contributed by atoms with E-state index in [0.717, 1.165) is 30.1 Å². The van der Waals surface area contributed by atoms with E-state index in [1.54, 1.807) is 11.3 Å². The Morgan fingerprint density at radius 2 is 1.97 bits per heavy atom. The Balaban J connectivity index is 0.000000383. The lowest BCUT2D eigenvalue weighted by atomic mass is 10.2. The van der Waals surface area contributed by atoms with E-state index < -0.39 is 12.1 Å². The normalized spacial score (nSPS) is 14.7. The molecule has 0 bridgehead atoms. The molecule has 0 fully saturated rings. The molecule has 33 heavy (non-hydrogen) atoms. The number of rotatable bonds is 4. The lowest BCUT2D eigenvalue weighted by Gasteiger charge is -2.24. The number of fused-ring (bicyclic) bond motifs is 2. The van der Waals surface area contributed by atoms with Crippen LogP contribution in [0.4, 0.5) is 18.0 Å².